The van der Waals surface area contributed by atoms with E-state index < -0.39 is 0 Å². The Morgan fingerprint density at radius 1 is 1.17 bits per heavy atom. The van der Waals surface area contributed by atoms with Crippen molar-refractivity contribution in [1.29, 1.82) is 0 Å². The van der Waals surface area contributed by atoms with Gasteiger partial charge in [-0.05, 0) is 79.4 Å². The third-order valence-corrected chi connectivity index (χ3v) is 5.26. The molecule has 1 saturated carbocycles. The average molecular weight is 384 g/mol. The van der Waals surface area contributed by atoms with Gasteiger partial charge in [-0.1, -0.05) is 18.2 Å². The minimum Gasteiger partial charge on any atom is -0.405 e. The largest absolute Gasteiger partial charge is 0.405 e. The van der Waals surface area contributed by atoms with Crippen molar-refractivity contribution in [2.75, 3.05) is 12.4 Å². The summed E-state index contributed by atoms with van der Waals surface area (Å²) in [7, 11) is 1.56. The number of aryl methyl sites for hydroxylation is 1. The molecule has 1 aromatic heterocycles. The Hall–Kier alpha value is -3.47. The van der Waals surface area contributed by atoms with Crippen LogP contribution in [-0.4, -0.2) is 23.7 Å². The van der Waals surface area contributed by atoms with Gasteiger partial charge in [-0.25, -0.2) is 4.98 Å². The molecule has 0 bridgehead atoms. The van der Waals surface area contributed by atoms with Crippen molar-refractivity contribution in [1.82, 2.24) is 4.98 Å². The molecule has 0 aliphatic heterocycles. The van der Waals surface area contributed by atoms with Crippen LogP contribution in [-0.2, 0) is 4.79 Å². The van der Waals surface area contributed by atoms with Crippen LogP contribution in [0.25, 0.3) is 22.2 Å². The first-order chi connectivity index (χ1) is 14.1. The van der Waals surface area contributed by atoms with E-state index in [-0.39, 0.29) is 11.6 Å². The molecule has 0 radical (unpaired) electrons. The van der Waals surface area contributed by atoms with E-state index >= 15 is 0 Å². The van der Waals surface area contributed by atoms with E-state index in [9.17, 15) is 4.79 Å². The number of pyridine rings is 1. The van der Waals surface area contributed by atoms with Gasteiger partial charge in [0, 0.05) is 23.7 Å². The van der Waals surface area contributed by atoms with Crippen LogP contribution in [0.4, 0.5) is 5.69 Å². The van der Waals surface area contributed by atoms with E-state index in [1.54, 1.807) is 7.05 Å². The molecule has 3 aromatic rings. The van der Waals surface area contributed by atoms with Crippen LogP contribution in [0, 0.1) is 6.92 Å². The summed E-state index contributed by atoms with van der Waals surface area (Å²) < 4.78 is 0. The Labute approximate surface area is 170 Å². The predicted molar refractivity (Wildman–Crippen MR) is 119 cm³/mol. The monoisotopic (exact) mass is 384 g/mol. The number of nitrogens with two attached hydrogens (primary N) is 1. The van der Waals surface area contributed by atoms with Crippen LogP contribution in [0.15, 0.2) is 65.8 Å². The molecule has 0 atom stereocenters. The van der Waals surface area contributed by atoms with Gasteiger partial charge in [0.15, 0.2) is 0 Å². The lowest BCUT2D eigenvalue weighted by molar-refractivity contribution is -0.110. The van der Waals surface area contributed by atoms with Crippen LogP contribution >= 0.6 is 0 Å². The number of anilines is 1. The Bertz CT molecular complexity index is 1140. The first-order valence-electron chi connectivity index (χ1n) is 9.77. The molecular formula is C24H24N4O. The quantitative estimate of drug-likeness (QED) is 0.632. The molecule has 1 amide bonds. The van der Waals surface area contributed by atoms with Gasteiger partial charge >= 0.3 is 0 Å². The Morgan fingerprint density at radius 2 is 2.00 bits per heavy atom. The molecule has 0 spiro atoms. The number of aromatic nitrogens is 1. The molecule has 1 heterocycles. The van der Waals surface area contributed by atoms with Crippen LogP contribution in [0.1, 0.15) is 29.9 Å². The van der Waals surface area contributed by atoms with E-state index in [0.29, 0.717) is 0 Å². The van der Waals surface area contributed by atoms with Gasteiger partial charge in [0.25, 0.3) is 5.91 Å². The number of nitrogens with zero attached hydrogens (tertiary/aromatic N) is 2. The number of hydrogen-bond donors (Lipinski definition) is 2. The van der Waals surface area contributed by atoms with Crippen LogP contribution < -0.4 is 11.1 Å². The average Bonchev–Trinajstić information content (AvgIpc) is 3.58. The highest BCUT2D eigenvalue weighted by atomic mass is 16.1. The molecule has 146 valence electrons. The highest BCUT2D eigenvalue weighted by Gasteiger charge is 2.23. The number of amides is 1. The van der Waals surface area contributed by atoms with E-state index in [4.69, 9.17) is 10.7 Å². The van der Waals surface area contributed by atoms with Gasteiger partial charge in [-0.3, -0.25) is 9.79 Å². The fraction of sp³-hybridized carbons (Fsp3) is 0.208. The lowest BCUT2D eigenvalue weighted by atomic mass is 10.0. The number of carbonyl (C=O) groups is 1. The van der Waals surface area contributed by atoms with Gasteiger partial charge in [-0.15, -0.1) is 0 Å². The molecule has 2 aromatic carbocycles. The van der Waals surface area contributed by atoms with Crippen LogP contribution in [0.3, 0.4) is 0 Å². The minimum atomic E-state index is -0.291. The second kappa shape index (κ2) is 7.87. The zero-order valence-electron chi connectivity index (χ0n) is 16.6. The zero-order chi connectivity index (χ0) is 20.4. The Balaban J connectivity index is 1.58. The fourth-order valence-electron chi connectivity index (χ4n) is 3.47. The number of benzene rings is 2. The van der Waals surface area contributed by atoms with Crippen LogP contribution in [0.2, 0.25) is 0 Å². The molecule has 1 aliphatic rings. The van der Waals surface area contributed by atoms with E-state index in [1.165, 1.54) is 36.1 Å². The maximum atomic E-state index is 12.3. The third kappa shape index (κ3) is 4.04. The van der Waals surface area contributed by atoms with E-state index in [2.05, 4.69) is 40.6 Å². The van der Waals surface area contributed by atoms with Crippen molar-refractivity contribution < 1.29 is 4.79 Å². The number of carbonyl (C=O) groups excluding carboxylic acids is 1. The highest BCUT2D eigenvalue weighted by molar-refractivity contribution is 6.47. The molecule has 1 aliphatic carbocycles. The minimum absolute atomic E-state index is 0.276. The number of aliphatic imine (C=N–C) groups is 1. The van der Waals surface area contributed by atoms with Crippen molar-refractivity contribution in [3.05, 3.63) is 71.9 Å². The summed E-state index contributed by atoms with van der Waals surface area (Å²) in [5.74, 6) is 0.448. The summed E-state index contributed by atoms with van der Waals surface area (Å²) in [6, 6.07) is 16.7. The van der Waals surface area contributed by atoms with Crippen molar-refractivity contribution in [3.8, 4) is 11.3 Å². The Kier molecular flexibility index (Phi) is 5.12. The van der Waals surface area contributed by atoms with E-state index in [1.807, 2.05) is 25.1 Å². The summed E-state index contributed by atoms with van der Waals surface area (Å²) in [5.41, 5.74) is 11.7. The lowest BCUT2D eigenvalue weighted by Crippen LogP contribution is -2.22. The molecule has 5 nitrogen and oxygen atoms in total. The third-order valence-electron chi connectivity index (χ3n) is 5.26. The molecule has 3 N–H and O–H groups in total. The van der Waals surface area contributed by atoms with Crippen molar-refractivity contribution >= 4 is 28.2 Å². The first-order valence-corrected chi connectivity index (χ1v) is 9.77. The van der Waals surface area contributed by atoms with Gasteiger partial charge < -0.3 is 11.1 Å². The molecule has 29 heavy (non-hydrogen) atoms. The normalized spacial score (nSPS) is 14.5. The summed E-state index contributed by atoms with van der Waals surface area (Å²) in [6.07, 6.45) is 5.38. The van der Waals surface area contributed by atoms with E-state index in [0.717, 1.165) is 33.9 Å². The summed E-state index contributed by atoms with van der Waals surface area (Å²) in [5, 5.41) is 4.06. The topological polar surface area (TPSA) is 80.4 Å². The van der Waals surface area contributed by atoms with Crippen LogP contribution in [0.5, 0.6) is 0 Å². The van der Waals surface area contributed by atoms with Crippen molar-refractivity contribution in [2.45, 2.75) is 25.7 Å². The van der Waals surface area contributed by atoms with Gasteiger partial charge in [0.1, 0.15) is 5.71 Å². The highest BCUT2D eigenvalue weighted by Crippen LogP contribution is 2.40. The number of rotatable bonds is 5. The second-order valence-electron chi connectivity index (χ2n) is 7.37. The lowest BCUT2D eigenvalue weighted by Gasteiger charge is -2.11. The number of fused-ring (bicyclic) bond motifs is 1. The smallest absolute Gasteiger partial charge is 0.273 e. The zero-order valence-corrected chi connectivity index (χ0v) is 16.6. The molecule has 0 unspecified atom stereocenters. The molecule has 1 fully saturated rings. The van der Waals surface area contributed by atoms with Gasteiger partial charge in [0.2, 0.25) is 0 Å². The summed E-state index contributed by atoms with van der Waals surface area (Å²) in [4.78, 5) is 21.1. The van der Waals surface area contributed by atoms with Crippen molar-refractivity contribution in [3.63, 3.8) is 0 Å². The van der Waals surface area contributed by atoms with Gasteiger partial charge in [-0.2, -0.15) is 0 Å². The second-order valence-corrected chi connectivity index (χ2v) is 7.37. The summed E-state index contributed by atoms with van der Waals surface area (Å²) in [6.45, 7) is 1.96. The maximum absolute atomic E-state index is 12.3. The SMILES string of the molecule is CN=C(C=CN)C(=O)Nc1ccc(-c2ccc3cc(C4CC4)ccc3n2)cc1C. The number of hydrogen-bond acceptors (Lipinski definition) is 4. The number of nitrogens with one attached hydrogen (secondary N) is 1. The summed E-state index contributed by atoms with van der Waals surface area (Å²) >= 11 is 0. The molecule has 0 saturated heterocycles. The molecule has 4 rings (SSSR count). The molecule has 5 heteroatoms. The fourth-order valence-corrected chi connectivity index (χ4v) is 3.47. The van der Waals surface area contributed by atoms with Crippen molar-refractivity contribution in [2.24, 2.45) is 10.7 Å². The first kappa shape index (κ1) is 18.9. The standard InChI is InChI=1S/C24H24N4O/c1-15-13-18(6-8-20(15)28-24(29)23(26-2)11-12-25)21-10-7-19-14-17(16-3-4-16)5-9-22(19)27-21/h5-14,16H,3-4,25H2,1-2H3,(H,28,29). The predicted octanol–water partition coefficient (Wildman–Crippen LogP) is 4.57. The van der Waals surface area contributed by atoms with Gasteiger partial charge in [0.05, 0.1) is 11.2 Å². The Morgan fingerprint density at radius 3 is 2.69 bits per heavy atom. The maximum Gasteiger partial charge on any atom is 0.273 e. The molecular weight excluding hydrogens is 360 g/mol.